The smallest absolute Gasteiger partial charge is 0.224 e. The third-order valence-corrected chi connectivity index (χ3v) is 19.5. The highest BCUT2D eigenvalue weighted by Crippen LogP contribution is 2.47. The first-order valence-corrected chi connectivity index (χ1v) is 31.4. The predicted octanol–water partition coefficient (Wildman–Crippen LogP) is -20.6. The molecule has 0 aromatic rings. The Morgan fingerprint density at radius 3 is 0.590 bits per heavy atom. The summed E-state index contributed by atoms with van der Waals surface area (Å²) in [5, 5.41) is 316. The first-order valence-electron chi connectivity index (χ1n) is 31.4. The van der Waals surface area contributed by atoms with Crippen LogP contribution < -0.4 is 0 Å². The lowest BCUT2D eigenvalue weighted by Gasteiger charge is -2.45. The summed E-state index contributed by atoms with van der Waals surface area (Å²) in [5.74, 6) is -24.1. The average molecular weight is 1480 g/mol. The van der Waals surface area contributed by atoms with Gasteiger partial charge in [-0.25, -0.2) is 0 Å². The van der Waals surface area contributed by atoms with Gasteiger partial charge in [0.2, 0.25) is 46.3 Å². The normalized spacial score (nSPS) is 52.7. The Hall–Kier alpha value is -1.84. The Labute approximate surface area is 563 Å². The molecule has 0 amide bonds. The summed E-state index contributed by atoms with van der Waals surface area (Å²) in [6.07, 6.45) is -61.9. The molecule has 0 radical (unpaired) electrons. The summed E-state index contributed by atoms with van der Waals surface area (Å²) in [5.41, 5.74) is 0. The molecule has 37 atom stereocenters. The van der Waals surface area contributed by atoms with Crippen molar-refractivity contribution in [3.05, 3.63) is 0 Å². The van der Waals surface area contributed by atoms with Gasteiger partial charge in [0.25, 0.3) is 0 Å². The minimum absolute atomic E-state index is 0.949. The molecule has 0 aromatic heterocycles. The van der Waals surface area contributed by atoms with E-state index in [-0.39, 0.29) is 0 Å². The molecule has 9 heterocycles. The molecule has 9 saturated heterocycles. The monoisotopic (exact) mass is 1480 g/mol. The van der Waals surface area contributed by atoms with Gasteiger partial charge in [0.1, 0.15) is 224 Å². The predicted molar refractivity (Wildman–Crippen MR) is 297 cm³/mol. The van der Waals surface area contributed by atoms with Crippen molar-refractivity contribution in [2.45, 2.75) is 223 Å². The molecule has 9 aliphatic heterocycles. The molecular formula is C54H92O46. The van der Waals surface area contributed by atoms with Crippen LogP contribution in [0.3, 0.4) is 0 Å². The number of aliphatic hydroxyl groups excluding tert-OH is 29. The Balaban J connectivity index is 1.03. The van der Waals surface area contributed by atoms with Gasteiger partial charge in [-0.15, -0.1) is 0 Å². The van der Waals surface area contributed by atoms with Crippen molar-refractivity contribution in [2.75, 3.05) is 112 Å². The van der Waals surface area contributed by atoms with Crippen LogP contribution in [-0.4, -0.2) is 484 Å². The van der Waals surface area contributed by atoms with Crippen molar-refractivity contribution in [2.24, 2.45) is 0 Å². The van der Waals surface area contributed by atoms with E-state index in [1.54, 1.807) is 0 Å². The zero-order valence-corrected chi connectivity index (χ0v) is 52.7. The quantitative estimate of drug-likeness (QED) is 0.0290. The van der Waals surface area contributed by atoms with Crippen LogP contribution in [-0.2, 0) is 80.5 Å². The van der Waals surface area contributed by atoms with E-state index < -0.39 is 336 Å². The fourth-order valence-corrected chi connectivity index (χ4v) is 13.2. The van der Waals surface area contributed by atoms with Gasteiger partial charge in [0.05, 0.1) is 59.5 Å². The first kappa shape index (κ1) is 82.2. The molecule has 584 valence electrons. The molecule has 0 bridgehead atoms. The second kappa shape index (κ2) is 32.2. The molecule has 0 aromatic carbocycles. The Kier molecular flexibility index (Phi) is 26.4. The second-order valence-electron chi connectivity index (χ2n) is 25.7. The molecule has 0 saturated carbocycles. The van der Waals surface area contributed by atoms with Gasteiger partial charge in [0, 0.05) is 0 Å². The van der Waals surface area contributed by atoms with Gasteiger partial charge >= 0.3 is 0 Å². The van der Waals surface area contributed by atoms with Gasteiger partial charge in [-0.3, -0.25) is 0 Å². The van der Waals surface area contributed by atoms with Crippen molar-refractivity contribution in [3.63, 3.8) is 0 Å². The van der Waals surface area contributed by atoms with Crippen LogP contribution in [0, 0.1) is 0 Å². The van der Waals surface area contributed by atoms with Crippen LogP contribution >= 0.6 is 0 Å². The van der Waals surface area contributed by atoms with Gasteiger partial charge < -0.3 is 229 Å². The third kappa shape index (κ3) is 14.5. The minimum atomic E-state index is -3.15. The zero-order valence-electron chi connectivity index (χ0n) is 52.7. The first-order chi connectivity index (χ1) is 47.2. The standard InChI is InChI=1S/C54H92O46/c55-1-18-27(65)36(74)37(75)46(91-18)100-54(45(83)35(73)26(9-63)99-54)17-90-53(44(82)34(72)25(8-62)98-53)16-89-52(43(81)33(71)24(7-61)97-52)15-88-51(42(80)32(70)23(6-60)96-51)14-87-50(41(79)31(69)22(5-59)95-50)13-86-49(40(78)30(68)21(4-58)94-49)12-85-48(39(77)29(67)20(3-57)93-48)11-84-47(10-64)38(76)28(66)19(2-56)92-47/h18-46,55-83H,1-17H2/t18-,19-,20-,21-,22-,23-,24-,25-,26-,27-,28-,29-,30-,31-,32-,33-,34-,35-,36-,37+,38-,39-,40-,41-,42-,43-,44-,45-,46-,47-,48-,49-,50-,51-,52-,53-,54+/m0/s1. The number of hydrogen-bond donors (Lipinski definition) is 29. The molecular weight excluding hydrogens is 1380 g/mol. The van der Waals surface area contributed by atoms with E-state index in [0.29, 0.717) is 0 Å². The van der Waals surface area contributed by atoms with Crippen LogP contribution in [0.2, 0.25) is 0 Å². The highest BCUT2D eigenvalue weighted by Gasteiger charge is 2.69. The van der Waals surface area contributed by atoms with Crippen LogP contribution in [0.25, 0.3) is 0 Å². The second-order valence-corrected chi connectivity index (χ2v) is 25.7. The Morgan fingerprint density at radius 1 is 0.200 bits per heavy atom. The Bertz CT molecular complexity index is 2600. The molecule has 9 rings (SSSR count). The molecule has 9 aliphatic rings. The highest BCUT2D eigenvalue weighted by molar-refractivity contribution is 5.08. The summed E-state index contributed by atoms with van der Waals surface area (Å²) >= 11 is 0. The van der Waals surface area contributed by atoms with Crippen LogP contribution in [0.1, 0.15) is 0 Å². The highest BCUT2D eigenvalue weighted by atomic mass is 16.9. The van der Waals surface area contributed by atoms with E-state index in [4.69, 9.17) is 80.5 Å². The van der Waals surface area contributed by atoms with Gasteiger partial charge in [-0.05, 0) is 0 Å². The maximum Gasteiger partial charge on any atom is 0.224 e. The molecule has 100 heavy (non-hydrogen) atoms. The summed E-state index contributed by atoms with van der Waals surface area (Å²) in [7, 11) is 0. The lowest BCUT2D eigenvalue weighted by molar-refractivity contribution is -0.407. The maximum absolute atomic E-state index is 12.0. The number of hydrogen-bond acceptors (Lipinski definition) is 46. The van der Waals surface area contributed by atoms with E-state index in [9.17, 15) is 148 Å². The van der Waals surface area contributed by atoms with Gasteiger partial charge in [-0.2, -0.15) is 0 Å². The molecule has 46 heteroatoms. The van der Waals surface area contributed by atoms with E-state index >= 15 is 0 Å². The lowest BCUT2D eigenvalue weighted by atomic mass is 9.99. The SMILES string of the molecule is OC[C@@H]1O[C@@H](O[C@@]2(CO[C@@]3(CO[C@@]4(CO[C@@]5(CO[C@@]6(CO[C@@]7(CO[C@@]8(CO[C@@]9(CO)O[C@@H](CO)[C@H](O)[C@@H]9O)O[C@@H](CO)[C@H](O)[C@@H]8O)O[C@@H](CO)[C@H](O)[C@@H]7O)O[C@@H](CO)[C@H](O)[C@@H]6O)O[C@@H](CO)[C@H](O)[C@@H]5O)O[C@@H](CO)[C@H](O)[C@@H]4O)O[C@@H](CO)[C@H](O)[C@@H]3O)O[C@@H](CO)[C@H](O)[C@@H]2O)[C@H](O)[C@@H](O)[C@H]1O. The average Bonchev–Trinajstić information content (AvgIpc) is 1.61. The van der Waals surface area contributed by atoms with Crippen molar-refractivity contribution in [3.8, 4) is 0 Å². The summed E-state index contributed by atoms with van der Waals surface area (Å²) in [6, 6.07) is 0. The van der Waals surface area contributed by atoms with E-state index in [1.165, 1.54) is 0 Å². The largest absolute Gasteiger partial charge is 0.394 e. The summed E-state index contributed by atoms with van der Waals surface area (Å²) in [6.45, 7) is -21.6. The van der Waals surface area contributed by atoms with Crippen molar-refractivity contribution >= 4 is 0 Å². The third-order valence-electron chi connectivity index (χ3n) is 19.5. The number of rotatable bonds is 33. The van der Waals surface area contributed by atoms with Gasteiger partial charge in [0.15, 0.2) is 6.29 Å². The van der Waals surface area contributed by atoms with Crippen molar-refractivity contribution in [1.29, 1.82) is 0 Å². The zero-order chi connectivity index (χ0) is 73.8. The topological polar surface area (TPSA) is 744 Å². The molecule has 29 N–H and O–H groups in total. The molecule has 0 spiro atoms. The summed E-state index contributed by atoms with van der Waals surface area (Å²) < 4.78 is 99.0. The molecule has 46 nitrogen and oxygen atoms in total. The number of ether oxygens (including phenoxy) is 17. The Morgan fingerprint density at radius 2 is 0.380 bits per heavy atom. The van der Waals surface area contributed by atoms with E-state index in [0.717, 1.165) is 0 Å². The van der Waals surface area contributed by atoms with Crippen LogP contribution in [0.5, 0.6) is 0 Å². The van der Waals surface area contributed by atoms with Crippen molar-refractivity contribution in [1.82, 2.24) is 0 Å². The van der Waals surface area contributed by atoms with Gasteiger partial charge in [-0.1, -0.05) is 0 Å². The lowest BCUT2D eigenvalue weighted by Crippen LogP contribution is -2.64. The van der Waals surface area contributed by atoms with E-state index in [2.05, 4.69) is 0 Å². The van der Waals surface area contributed by atoms with Crippen molar-refractivity contribution < 1.29 is 229 Å². The van der Waals surface area contributed by atoms with Crippen LogP contribution in [0.4, 0.5) is 0 Å². The fraction of sp³-hybridized carbons (Fsp3) is 1.00. The van der Waals surface area contributed by atoms with Crippen LogP contribution in [0.15, 0.2) is 0 Å². The molecule has 9 fully saturated rings. The molecule has 0 unspecified atom stereocenters. The summed E-state index contributed by atoms with van der Waals surface area (Å²) in [4.78, 5) is 0. The fourth-order valence-electron chi connectivity index (χ4n) is 13.2. The number of aliphatic hydroxyl groups is 29. The maximum atomic E-state index is 12.0. The minimum Gasteiger partial charge on any atom is -0.394 e. The van der Waals surface area contributed by atoms with E-state index in [1.807, 2.05) is 0 Å². The molecule has 0 aliphatic carbocycles.